The number of pyridine rings is 1. The average Bonchev–Trinajstić information content (AvgIpc) is 3.56. The average molecular weight is 538 g/mol. The van der Waals surface area contributed by atoms with Crippen molar-refractivity contribution in [2.24, 2.45) is 0 Å². The SMILES string of the molecule is CC(=O)N1CCN(c2cc(-n3ccccc3=O)ccc2-c2n[nH]nc2CNC(=O)c2ccc(Cl)s2)CC1. The van der Waals surface area contributed by atoms with Crippen LogP contribution in [-0.4, -0.2) is 62.9 Å². The Kier molecular flexibility index (Phi) is 7.06. The second-order valence-corrected chi connectivity index (χ2v) is 10.2. The molecule has 3 aromatic heterocycles. The number of halogens is 1. The maximum atomic E-state index is 12.5. The zero-order valence-electron chi connectivity index (χ0n) is 20.0. The first-order chi connectivity index (χ1) is 17.9. The van der Waals surface area contributed by atoms with Gasteiger partial charge in [-0.2, -0.15) is 15.4 Å². The van der Waals surface area contributed by atoms with E-state index < -0.39 is 0 Å². The summed E-state index contributed by atoms with van der Waals surface area (Å²) in [6.07, 6.45) is 1.72. The van der Waals surface area contributed by atoms with Gasteiger partial charge in [0.05, 0.1) is 21.4 Å². The predicted octanol–water partition coefficient (Wildman–Crippen LogP) is 2.94. The highest BCUT2D eigenvalue weighted by molar-refractivity contribution is 7.18. The molecule has 0 saturated carbocycles. The van der Waals surface area contributed by atoms with Gasteiger partial charge in [0.25, 0.3) is 11.5 Å². The fourth-order valence-corrected chi connectivity index (χ4v) is 5.27. The Hall–Kier alpha value is -3.96. The van der Waals surface area contributed by atoms with Crippen LogP contribution in [0.25, 0.3) is 16.9 Å². The number of hydrogen-bond acceptors (Lipinski definition) is 7. The molecule has 190 valence electrons. The molecule has 5 rings (SSSR count). The summed E-state index contributed by atoms with van der Waals surface area (Å²) in [6.45, 7) is 4.18. The van der Waals surface area contributed by atoms with E-state index in [0.717, 1.165) is 11.3 Å². The standard InChI is InChI=1S/C25H24ClN7O3S/c1-16(34)31-10-12-32(13-11-31)20-14-17(33-9-3-2-4-23(33)35)5-6-18(20)24-19(28-30-29-24)15-27-25(36)21-7-8-22(26)37-21/h2-9,14H,10-13,15H2,1H3,(H,27,36)(H,28,29,30). The molecule has 1 aliphatic rings. The molecule has 1 aliphatic heterocycles. The molecule has 0 aliphatic carbocycles. The number of carbonyl (C=O) groups is 2. The van der Waals surface area contributed by atoms with Crippen LogP contribution in [0.5, 0.6) is 0 Å². The van der Waals surface area contributed by atoms with Gasteiger partial charge in [-0.05, 0) is 36.4 Å². The van der Waals surface area contributed by atoms with E-state index in [2.05, 4.69) is 25.6 Å². The fraction of sp³-hybridized carbons (Fsp3) is 0.240. The van der Waals surface area contributed by atoms with Gasteiger partial charge in [-0.25, -0.2) is 0 Å². The second kappa shape index (κ2) is 10.6. The molecule has 1 saturated heterocycles. The molecule has 1 fully saturated rings. The minimum Gasteiger partial charge on any atom is -0.367 e. The second-order valence-electron chi connectivity index (χ2n) is 8.51. The Bertz CT molecular complexity index is 1500. The maximum absolute atomic E-state index is 12.5. The molecule has 0 spiro atoms. The minimum absolute atomic E-state index is 0.0472. The van der Waals surface area contributed by atoms with Crippen molar-refractivity contribution in [2.45, 2.75) is 13.5 Å². The summed E-state index contributed by atoms with van der Waals surface area (Å²) >= 11 is 7.16. The first-order valence-corrected chi connectivity index (χ1v) is 12.9. The number of thiophene rings is 1. The number of nitrogens with one attached hydrogen (secondary N) is 2. The molecular formula is C25H24ClN7O3S. The first-order valence-electron chi connectivity index (χ1n) is 11.7. The van der Waals surface area contributed by atoms with Gasteiger partial charge in [-0.1, -0.05) is 17.7 Å². The number of nitrogens with zero attached hydrogens (tertiary/aromatic N) is 5. The van der Waals surface area contributed by atoms with Crippen LogP contribution in [0.4, 0.5) is 5.69 Å². The molecule has 12 heteroatoms. The molecule has 0 bridgehead atoms. The summed E-state index contributed by atoms with van der Waals surface area (Å²) in [7, 11) is 0. The summed E-state index contributed by atoms with van der Waals surface area (Å²) < 4.78 is 2.12. The van der Waals surface area contributed by atoms with Crippen molar-refractivity contribution in [2.75, 3.05) is 31.1 Å². The number of aromatic nitrogens is 4. The van der Waals surface area contributed by atoms with E-state index in [-0.39, 0.29) is 23.9 Å². The molecule has 0 radical (unpaired) electrons. The molecule has 0 atom stereocenters. The van der Waals surface area contributed by atoms with E-state index in [1.807, 2.05) is 23.1 Å². The van der Waals surface area contributed by atoms with Crippen LogP contribution < -0.4 is 15.8 Å². The first kappa shape index (κ1) is 24.7. The van der Waals surface area contributed by atoms with E-state index in [9.17, 15) is 14.4 Å². The highest BCUT2D eigenvalue weighted by Gasteiger charge is 2.24. The van der Waals surface area contributed by atoms with Gasteiger partial charge in [0.1, 0.15) is 11.4 Å². The van der Waals surface area contributed by atoms with E-state index in [0.29, 0.717) is 52.5 Å². The molecule has 2 N–H and O–H groups in total. The van der Waals surface area contributed by atoms with Gasteiger partial charge in [0.15, 0.2) is 0 Å². The van der Waals surface area contributed by atoms with Crippen molar-refractivity contribution in [3.05, 3.63) is 80.0 Å². The van der Waals surface area contributed by atoms with Crippen molar-refractivity contribution in [3.63, 3.8) is 0 Å². The molecule has 0 unspecified atom stereocenters. The number of piperazine rings is 1. The maximum Gasteiger partial charge on any atom is 0.261 e. The van der Waals surface area contributed by atoms with Crippen molar-refractivity contribution in [1.82, 2.24) is 30.2 Å². The Morgan fingerprint density at radius 1 is 1.08 bits per heavy atom. The zero-order valence-corrected chi connectivity index (χ0v) is 21.6. The lowest BCUT2D eigenvalue weighted by Crippen LogP contribution is -2.48. The number of benzene rings is 1. The van der Waals surface area contributed by atoms with Gasteiger partial charge in [-0.3, -0.25) is 19.0 Å². The van der Waals surface area contributed by atoms with Crippen molar-refractivity contribution >= 4 is 40.4 Å². The summed E-state index contributed by atoms with van der Waals surface area (Å²) in [4.78, 5) is 41.4. The largest absolute Gasteiger partial charge is 0.367 e. The van der Waals surface area contributed by atoms with Crippen molar-refractivity contribution in [1.29, 1.82) is 0 Å². The van der Waals surface area contributed by atoms with Crippen LogP contribution in [0.1, 0.15) is 22.3 Å². The van der Waals surface area contributed by atoms with Crippen LogP contribution >= 0.6 is 22.9 Å². The van der Waals surface area contributed by atoms with Crippen LogP contribution in [0.2, 0.25) is 4.34 Å². The summed E-state index contributed by atoms with van der Waals surface area (Å²) in [5, 5.41) is 14.2. The third kappa shape index (κ3) is 5.27. The minimum atomic E-state index is -0.245. The lowest BCUT2D eigenvalue weighted by atomic mass is 10.0. The number of rotatable bonds is 6. The molecule has 10 nitrogen and oxygen atoms in total. The van der Waals surface area contributed by atoms with Crippen LogP contribution in [-0.2, 0) is 11.3 Å². The molecule has 4 aromatic rings. The van der Waals surface area contributed by atoms with Gasteiger partial charge in [0.2, 0.25) is 5.91 Å². The Morgan fingerprint density at radius 3 is 2.59 bits per heavy atom. The summed E-state index contributed by atoms with van der Waals surface area (Å²) in [5.41, 5.74) is 3.42. The Morgan fingerprint density at radius 2 is 1.89 bits per heavy atom. The Balaban J connectivity index is 1.48. The molecular weight excluding hydrogens is 514 g/mol. The lowest BCUT2D eigenvalue weighted by molar-refractivity contribution is -0.129. The number of hydrogen-bond donors (Lipinski definition) is 2. The molecule has 2 amide bonds. The van der Waals surface area contributed by atoms with Gasteiger partial charge in [-0.15, -0.1) is 11.3 Å². The van der Waals surface area contributed by atoms with Crippen molar-refractivity contribution in [3.8, 4) is 16.9 Å². The summed E-state index contributed by atoms with van der Waals surface area (Å²) in [6, 6.07) is 14.1. The molecule has 4 heterocycles. The van der Waals surface area contributed by atoms with E-state index in [4.69, 9.17) is 11.6 Å². The van der Waals surface area contributed by atoms with Gasteiger partial charge >= 0.3 is 0 Å². The zero-order chi connectivity index (χ0) is 25.9. The number of H-pyrrole nitrogens is 1. The van der Waals surface area contributed by atoms with Crippen LogP contribution in [0.15, 0.2) is 59.5 Å². The lowest BCUT2D eigenvalue weighted by Gasteiger charge is -2.36. The van der Waals surface area contributed by atoms with E-state index >= 15 is 0 Å². The number of anilines is 1. The third-order valence-corrected chi connectivity index (χ3v) is 7.47. The van der Waals surface area contributed by atoms with Gasteiger partial charge in [0, 0.05) is 56.6 Å². The normalized spacial score (nSPS) is 13.6. The van der Waals surface area contributed by atoms with E-state index in [1.54, 1.807) is 42.0 Å². The van der Waals surface area contributed by atoms with Crippen LogP contribution in [0, 0.1) is 0 Å². The van der Waals surface area contributed by atoms with Crippen molar-refractivity contribution < 1.29 is 9.59 Å². The highest BCUT2D eigenvalue weighted by Crippen LogP contribution is 2.34. The predicted molar refractivity (Wildman–Crippen MR) is 142 cm³/mol. The quantitative estimate of drug-likeness (QED) is 0.391. The summed E-state index contributed by atoms with van der Waals surface area (Å²) in [5.74, 6) is -0.198. The molecule has 1 aromatic carbocycles. The monoisotopic (exact) mass is 537 g/mol. The van der Waals surface area contributed by atoms with E-state index in [1.165, 1.54) is 17.4 Å². The number of amides is 2. The fourth-order valence-electron chi connectivity index (χ4n) is 4.31. The number of aromatic amines is 1. The molecule has 37 heavy (non-hydrogen) atoms. The topological polar surface area (TPSA) is 116 Å². The Labute approximate surface area is 221 Å². The smallest absolute Gasteiger partial charge is 0.261 e. The van der Waals surface area contributed by atoms with Crippen LogP contribution in [0.3, 0.4) is 0 Å². The third-order valence-electron chi connectivity index (χ3n) is 6.24. The highest BCUT2D eigenvalue weighted by atomic mass is 35.5. The number of carbonyl (C=O) groups excluding carboxylic acids is 2. The van der Waals surface area contributed by atoms with Gasteiger partial charge < -0.3 is 15.1 Å².